The van der Waals surface area contributed by atoms with Crippen molar-refractivity contribution < 1.29 is 4.92 Å². The summed E-state index contributed by atoms with van der Waals surface area (Å²) in [6, 6.07) is 3.01. The van der Waals surface area contributed by atoms with Gasteiger partial charge < -0.3 is 0 Å². The fourth-order valence-corrected chi connectivity index (χ4v) is 3.34. The molecule has 2 rings (SSSR count). The fraction of sp³-hybridized carbons (Fsp3) is 0.333. The molecule has 0 saturated carbocycles. The van der Waals surface area contributed by atoms with Crippen molar-refractivity contribution in [1.82, 2.24) is 9.97 Å². The molecule has 0 fully saturated rings. The molecule has 0 amide bonds. The second-order valence-electron chi connectivity index (χ2n) is 4.93. The zero-order valence-corrected chi connectivity index (χ0v) is 12.4. The number of aromatic nitrogens is 2. The van der Waals surface area contributed by atoms with E-state index in [9.17, 15) is 10.1 Å². The zero-order valence-electron chi connectivity index (χ0n) is 10.8. The van der Waals surface area contributed by atoms with Crippen LogP contribution in [0.4, 0.5) is 5.69 Å². The van der Waals surface area contributed by atoms with Crippen LogP contribution < -0.4 is 0 Å². The van der Waals surface area contributed by atoms with Gasteiger partial charge in [-0.15, -0.1) is 11.3 Å². The van der Waals surface area contributed by atoms with Gasteiger partial charge in [0.2, 0.25) is 0 Å². The highest BCUT2D eigenvalue weighted by Crippen LogP contribution is 2.37. The molecule has 0 aliphatic carbocycles. The average molecular weight is 295 g/mol. The Kier molecular flexibility index (Phi) is 3.86. The Bertz CT molecular complexity index is 605. The van der Waals surface area contributed by atoms with Gasteiger partial charge in [-0.3, -0.25) is 10.1 Å². The number of rotatable bonds is 3. The van der Waals surface area contributed by atoms with Crippen molar-refractivity contribution in [3.8, 4) is 0 Å². The highest BCUT2D eigenvalue weighted by Gasteiger charge is 2.20. The number of pyridine rings is 1. The third-order valence-corrected chi connectivity index (χ3v) is 4.86. The second kappa shape index (κ2) is 5.26. The summed E-state index contributed by atoms with van der Waals surface area (Å²) in [6.45, 7) is 6.33. The number of nitrogens with zero attached hydrogens (tertiary/aromatic N) is 3. The Labute approximate surface area is 119 Å². The number of nitro groups is 1. The fourth-order valence-electron chi connectivity index (χ4n) is 1.33. The van der Waals surface area contributed by atoms with Crippen molar-refractivity contribution in [2.45, 2.75) is 35.6 Å². The molecule has 0 spiro atoms. The molecule has 0 bridgehead atoms. The van der Waals surface area contributed by atoms with Crippen LogP contribution in [0.3, 0.4) is 0 Å². The van der Waals surface area contributed by atoms with Gasteiger partial charge in [-0.25, -0.2) is 9.97 Å². The van der Waals surface area contributed by atoms with Crippen LogP contribution >= 0.6 is 23.1 Å². The van der Waals surface area contributed by atoms with Crippen LogP contribution in [0, 0.1) is 10.1 Å². The van der Waals surface area contributed by atoms with Gasteiger partial charge in [0.1, 0.15) is 0 Å². The first-order valence-electron chi connectivity index (χ1n) is 5.61. The van der Waals surface area contributed by atoms with E-state index in [4.69, 9.17) is 0 Å². The van der Waals surface area contributed by atoms with E-state index in [1.165, 1.54) is 17.8 Å². The molecule has 19 heavy (non-hydrogen) atoms. The van der Waals surface area contributed by atoms with Gasteiger partial charge in [-0.05, 0) is 23.2 Å². The zero-order chi connectivity index (χ0) is 14.0. The minimum Gasteiger partial charge on any atom is -0.258 e. The summed E-state index contributed by atoms with van der Waals surface area (Å²) in [5, 5.41) is 11.3. The predicted octanol–water partition coefficient (Wildman–Crippen LogP) is 3.90. The maximum Gasteiger partial charge on any atom is 0.301 e. The van der Waals surface area contributed by atoms with Crippen molar-refractivity contribution in [2.75, 3.05) is 0 Å². The van der Waals surface area contributed by atoms with Gasteiger partial charge in [0.15, 0.2) is 9.37 Å². The van der Waals surface area contributed by atoms with E-state index in [2.05, 4.69) is 30.7 Å². The number of thiazole rings is 1. The summed E-state index contributed by atoms with van der Waals surface area (Å²) < 4.78 is 0.770. The predicted molar refractivity (Wildman–Crippen MR) is 75.8 cm³/mol. The SMILES string of the molecule is CC(C)(C)c1cnc(Sc2ncccc2[N+](=O)[O-])s1. The van der Waals surface area contributed by atoms with Crippen molar-refractivity contribution in [1.29, 1.82) is 0 Å². The summed E-state index contributed by atoms with van der Waals surface area (Å²) in [5.41, 5.74) is 0.0481. The van der Waals surface area contributed by atoms with Crippen molar-refractivity contribution in [2.24, 2.45) is 0 Å². The lowest BCUT2D eigenvalue weighted by Crippen LogP contribution is -2.07. The van der Waals surface area contributed by atoms with Crippen LogP contribution in [-0.2, 0) is 5.41 Å². The van der Waals surface area contributed by atoms with E-state index in [0.717, 1.165) is 9.22 Å². The topological polar surface area (TPSA) is 68.9 Å². The Morgan fingerprint density at radius 1 is 1.37 bits per heavy atom. The lowest BCUT2D eigenvalue weighted by atomic mass is 9.96. The van der Waals surface area contributed by atoms with Crippen LogP contribution in [0.5, 0.6) is 0 Å². The summed E-state index contributed by atoms with van der Waals surface area (Å²) in [7, 11) is 0. The van der Waals surface area contributed by atoms with Crippen molar-refractivity contribution in [3.63, 3.8) is 0 Å². The molecular weight excluding hydrogens is 282 g/mol. The van der Waals surface area contributed by atoms with Gasteiger partial charge in [-0.2, -0.15) is 0 Å². The largest absolute Gasteiger partial charge is 0.301 e. The maximum atomic E-state index is 10.9. The van der Waals surface area contributed by atoms with Crippen LogP contribution in [0.2, 0.25) is 0 Å². The minimum atomic E-state index is -0.423. The van der Waals surface area contributed by atoms with E-state index >= 15 is 0 Å². The molecule has 0 aliphatic rings. The van der Waals surface area contributed by atoms with Gasteiger partial charge in [0.05, 0.1) is 4.92 Å². The highest BCUT2D eigenvalue weighted by molar-refractivity contribution is 8.01. The first-order chi connectivity index (χ1) is 8.88. The lowest BCUT2D eigenvalue weighted by molar-refractivity contribution is -0.388. The second-order valence-corrected chi connectivity index (χ2v) is 7.19. The molecule has 0 unspecified atom stereocenters. The van der Waals surface area contributed by atoms with Gasteiger partial charge in [-0.1, -0.05) is 20.8 Å². The van der Waals surface area contributed by atoms with Gasteiger partial charge in [0, 0.05) is 23.3 Å². The molecule has 2 heterocycles. The molecule has 2 aromatic heterocycles. The summed E-state index contributed by atoms with van der Waals surface area (Å²) in [5.74, 6) is 0. The molecule has 0 saturated heterocycles. The molecule has 0 aromatic carbocycles. The highest BCUT2D eigenvalue weighted by atomic mass is 32.2. The van der Waals surface area contributed by atoms with E-state index in [0.29, 0.717) is 5.03 Å². The quantitative estimate of drug-likeness (QED) is 0.634. The summed E-state index contributed by atoms with van der Waals surface area (Å²) in [6.07, 6.45) is 3.37. The van der Waals surface area contributed by atoms with Crippen molar-refractivity contribution >= 4 is 28.8 Å². The van der Waals surface area contributed by atoms with E-state index in [-0.39, 0.29) is 11.1 Å². The first kappa shape index (κ1) is 14.0. The third kappa shape index (κ3) is 3.30. The van der Waals surface area contributed by atoms with E-state index in [1.54, 1.807) is 23.6 Å². The van der Waals surface area contributed by atoms with Crippen LogP contribution in [-0.4, -0.2) is 14.9 Å². The molecule has 5 nitrogen and oxygen atoms in total. The maximum absolute atomic E-state index is 10.9. The Balaban J connectivity index is 2.27. The van der Waals surface area contributed by atoms with Crippen molar-refractivity contribution in [3.05, 3.63) is 39.5 Å². The standard InChI is InChI=1S/C12H13N3O2S2/c1-12(2,3)9-7-14-11(18-9)19-10-8(15(16)17)5-4-6-13-10/h4-7H,1-3H3. The summed E-state index contributed by atoms with van der Waals surface area (Å²) in [4.78, 5) is 20.0. The summed E-state index contributed by atoms with van der Waals surface area (Å²) >= 11 is 2.78. The molecule has 0 N–H and O–H groups in total. The molecule has 100 valence electrons. The third-order valence-electron chi connectivity index (χ3n) is 2.36. The molecule has 2 aromatic rings. The number of hydrogen-bond donors (Lipinski definition) is 0. The van der Waals surface area contributed by atoms with Crippen LogP contribution in [0.1, 0.15) is 25.6 Å². The minimum absolute atomic E-state index is 0.0139. The Hall–Kier alpha value is -1.47. The van der Waals surface area contributed by atoms with Crippen LogP contribution in [0.25, 0.3) is 0 Å². The molecule has 0 aliphatic heterocycles. The van der Waals surface area contributed by atoms with Gasteiger partial charge in [0.25, 0.3) is 0 Å². The monoisotopic (exact) mass is 295 g/mol. The first-order valence-corrected chi connectivity index (χ1v) is 7.25. The molecule has 0 radical (unpaired) electrons. The molecular formula is C12H13N3O2S2. The normalized spacial score (nSPS) is 11.5. The average Bonchev–Trinajstić information content (AvgIpc) is 2.77. The smallest absolute Gasteiger partial charge is 0.258 e. The van der Waals surface area contributed by atoms with Crippen LogP contribution in [0.15, 0.2) is 33.9 Å². The van der Waals surface area contributed by atoms with E-state index < -0.39 is 4.92 Å². The molecule has 0 atom stereocenters. The Morgan fingerprint density at radius 2 is 2.11 bits per heavy atom. The van der Waals surface area contributed by atoms with E-state index in [1.807, 2.05) is 6.20 Å². The lowest BCUT2D eigenvalue weighted by Gasteiger charge is -2.14. The Morgan fingerprint density at radius 3 is 2.68 bits per heavy atom. The molecule has 7 heteroatoms. The van der Waals surface area contributed by atoms with Gasteiger partial charge >= 0.3 is 5.69 Å². The number of hydrogen-bond acceptors (Lipinski definition) is 6.